The van der Waals surface area contributed by atoms with Crippen molar-refractivity contribution >= 4 is 63.2 Å². The third-order valence-electron chi connectivity index (χ3n) is 4.65. The van der Waals surface area contributed by atoms with E-state index in [-0.39, 0.29) is 24.8 Å². The van der Waals surface area contributed by atoms with E-state index in [4.69, 9.17) is 0 Å². The molecule has 0 unspecified atom stereocenters. The number of aryl methyl sites for hydroxylation is 2. The van der Waals surface area contributed by atoms with Crippen LogP contribution in [0.5, 0.6) is 0 Å². The van der Waals surface area contributed by atoms with Gasteiger partial charge in [-0.2, -0.15) is 12.1 Å². The molecule has 32 heavy (non-hydrogen) atoms. The zero-order chi connectivity index (χ0) is 21.5. The SMILES string of the molecule is Cc1cc2c(Br)cccc2[cH-]1.Cc1cc2c(Br)cccc2[cH-]1.[Cl-].[Cl-].[Zr+2]=[B]c1ccccc1. The Balaban J connectivity index is 0.000000236. The van der Waals surface area contributed by atoms with Crippen molar-refractivity contribution in [3.63, 3.8) is 0 Å². The summed E-state index contributed by atoms with van der Waals surface area (Å²) in [5.74, 6) is 0. The minimum absolute atomic E-state index is 0. The van der Waals surface area contributed by atoms with E-state index in [0.717, 1.165) is 0 Å². The van der Waals surface area contributed by atoms with E-state index in [9.17, 15) is 0 Å². The normalized spacial score (nSPS) is 9.44. The molecule has 0 fully saturated rings. The van der Waals surface area contributed by atoms with Crippen LogP contribution in [0, 0.1) is 13.8 Å². The van der Waals surface area contributed by atoms with E-state index >= 15 is 0 Å². The molecule has 0 aromatic heterocycles. The van der Waals surface area contributed by atoms with Crippen LogP contribution in [0.25, 0.3) is 21.5 Å². The van der Waals surface area contributed by atoms with Gasteiger partial charge in [0.1, 0.15) is 0 Å². The summed E-state index contributed by atoms with van der Waals surface area (Å²) in [6.07, 6.45) is 0. The van der Waals surface area contributed by atoms with Crippen molar-refractivity contribution in [2.24, 2.45) is 0 Å². The Labute approximate surface area is 234 Å². The van der Waals surface area contributed by atoms with E-state index < -0.39 is 0 Å². The fraction of sp³-hybridized carbons (Fsp3) is 0.0769. The van der Waals surface area contributed by atoms with Crippen molar-refractivity contribution < 1.29 is 48.8 Å². The maximum absolute atomic E-state index is 3.51. The number of benzene rings is 3. The molecule has 5 aromatic carbocycles. The van der Waals surface area contributed by atoms with Gasteiger partial charge in [0, 0.05) is 0 Å². The van der Waals surface area contributed by atoms with Crippen molar-refractivity contribution in [1.29, 1.82) is 0 Å². The number of hydrogen-bond donors (Lipinski definition) is 0. The third-order valence-corrected chi connectivity index (χ3v) is 6.85. The Morgan fingerprint density at radius 3 is 1.44 bits per heavy atom. The second-order valence-electron chi connectivity index (χ2n) is 7.11. The second kappa shape index (κ2) is 14.6. The zero-order valence-corrected chi connectivity index (χ0v) is 24.9. The van der Waals surface area contributed by atoms with Crippen LogP contribution in [-0.4, -0.2) is 4.37 Å². The van der Waals surface area contributed by atoms with E-state index in [2.05, 4.69) is 135 Å². The molecule has 0 heterocycles. The molecule has 5 rings (SSSR count). The Hall–Kier alpha value is -0.632. The van der Waals surface area contributed by atoms with Crippen LogP contribution < -0.4 is 30.3 Å². The minimum atomic E-state index is 0. The predicted molar refractivity (Wildman–Crippen MR) is 136 cm³/mol. The van der Waals surface area contributed by atoms with Gasteiger partial charge in [-0.3, -0.25) is 0 Å². The van der Waals surface area contributed by atoms with E-state index in [1.807, 2.05) is 6.07 Å². The van der Waals surface area contributed by atoms with Crippen molar-refractivity contribution in [2.75, 3.05) is 0 Å². The standard InChI is InChI=1S/2C10H8Br.C6H5B.2ClH.Zr/c2*1-7-5-8-3-2-4-10(11)9(8)6-7;7-6-4-2-1-3-5-6;;;/h2*2-6H,1H3;1-5H;2*1H;/q2*-1;;;;+2/p-2. The fourth-order valence-electron chi connectivity index (χ4n) is 3.24. The first-order chi connectivity index (χ1) is 14.5. The molecule has 6 heteroatoms. The van der Waals surface area contributed by atoms with E-state index in [1.54, 1.807) is 0 Å². The van der Waals surface area contributed by atoms with Crippen LogP contribution in [0.3, 0.4) is 0 Å². The molecule has 0 nitrogen and oxygen atoms in total. The summed E-state index contributed by atoms with van der Waals surface area (Å²) in [5, 5.41) is 5.25. The summed E-state index contributed by atoms with van der Waals surface area (Å²) in [6, 6.07) is 31.7. The number of rotatable bonds is 1. The Bertz CT molecular complexity index is 1190. The monoisotopic (exact) mass is 662 g/mol. The summed E-state index contributed by atoms with van der Waals surface area (Å²) in [4.78, 5) is 0. The van der Waals surface area contributed by atoms with Crippen molar-refractivity contribution in [1.82, 2.24) is 0 Å². The van der Waals surface area contributed by atoms with Gasteiger partial charge in [0.15, 0.2) is 0 Å². The van der Waals surface area contributed by atoms with Crippen molar-refractivity contribution in [3.8, 4) is 0 Å². The van der Waals surface area contributed by atoms with Gasteiger partial charge >= 0.3 is 64.2 Å². The number of fused-ring (bicyclic) bond motifs is 2. The Morgan fingerprint density at radius 2 is 1.09 bits per heavy atom. The first-order valence-corrected chi connectivity index (χ1v) is 12.7. The average Bonchev–Trinajstić information content (AvgIpc) is 3.32. The molecule has 0 atom stereocenters. The molecule has 0 N–H and O–H groups in total. The van der Waals surface area contributed by atoms with Gasteiger partial charge in [0.25, 0.3) is 0 Å². The quantitative estimate of drug-likeness (QED) is 0.189. The molecule has 0 radical (unpaired) electrons. The molecular formula is C26H21BBr2Cl2Zr-2. The molecule has 162 valence electrons. The number of halogens is 4. The van der Waals surface area contributed by atoms with Crippen LogP contribution in [0.1, 0.15) is 11.1 Å². The molecule has 0 amide bonds. The van der Waals surface area contributed by atoms with Gasteiger partial charge in [-0.25, -0.2) is 0 Å². The molecule has 5 aromatic rings. The summed E-state index contributed by atoms with van der Waals surface area (Å²) in [6.45, 7) is 4.24. The second-order valence-corrected chi connectivity index (χ2v) is 9.52. The van der Waals surface area contributed by atoms with Crippen LogP contribution in [0.15, 0.2) is 99.9 Å². The van der Waals surface area contributed by atoms with Gasteiger partial charge in [-0.15, -0.1) is 69.1 Å². The van der Waals surface area contributed by atoms with Crippen molar-refractivity contribution in [2.45, 2.75) is 13.8 Å². The Morgan fingerprint density at radius 1 is 0.656 bits per heavy atom. The maximum atomic E-state index is 3.51. The fourth-order valence-corrected chi connectivity index (χ4v) is 4.71. The number of hydrogen-bond acceptors (Lipinski definition) is 0. The van der Waals surface area contributed by atoms with Gasteiger partial charge in [-0.1, -0.05) is 57.8 Å². The third kappa shape index (κ3) is 8.30. The molecular weight excluding hydrogens is 645 g/mol. The topological polar surface area (TPSA) is 0 Å². The van der Waals surface area contributed by atoms with Crippen LogP contribution in [-0.2, 0) is 24.0 Å². The van der Waals surface area contributed by atoms with Crippen LogP contribution in [0.4, 0.5) is 0 Å². The molecule has 0 bridgehead atoms. The molecule has 0 saturated heterocycles. The molecule has 0 spiro atoms. The summed E-state index contributed by atoms with van der Waals surface area (Å²) in [7, 11) is 0. The molecule has 0 aliphatic heterocycles. The molecule has 0 saturated carbocycles. The van der Waals surface area contributed by atoms with Crippen molar-refractivity contribution in [3.05, 3.63) is 111 Å². The molecule has 0 aliphatic rings. The first kappa shape index (κ1) is 29.4. The summed E-state index contributed by atoms with van der Waals surface area (Å²) >= 11 is 8.48. The Kier molecular flexibility index (Phi) is 13.4. The van der Waals surface area contributed by atoms with E-state index in [0.29, 0.717) is 0 Å². The van der Waals surface area contributed by atoms with Gasteiger partial charge < -0.3 is 24.8 Å². The average molecular weight is 666 g/mol. The summed E-state index contributed by atoms with van der Waals surface area (Å²) < 4.78 is 4.54. The summed E-state index contributed by atoms with van der Waals surface area (Å²) in [5.41, 5.74) is 3.98. The van der Waals surface area contributed by atoms with E-state index in [1.165, 1.54) is 71.1 Å². The van der Waals surface area contributed by atoms with Gasteiger partial charge in [0.05, 0.1) is 0 Å². The van der Waals surface area contributed by atoms with Gasteiger partial charge in [-0.05, 0) is 8.95 Å². The molecule has 0 aliphatic carbocycles. The zero-order valence-electron chi connectivity index (χ0n) is 17.7. The van der Waals surface area contributed by atoms with Crippen LogP contribution in [0.2, 0.25) is 0 Å². The predicted octanol–water partition coefficient (Wildman–Crippen LogP) is 1.75. The first-order valence-electron chi connectivity index (χ1n) is 9.66. The van der Waals surface area contributed by atoms with Crippen LogP contribution >= 0.6 is 31.9 Å². The van der Waals surface area contributed by atoms with Gasteiger partial charge in [0.2, 0.25) is 0 Å².